The van der Waals surface area contributed by atoms with E-state index in [9.17, 15) is 0 Å². The molecular formula is C2H5OSi. The van der Waals surface area contributed by atoms with Crippen LogP contribution in [0, 0.1) is 0 Å². The Morgan fingerprint density at radius 2 is 2.00 bits per heavy atom. The second-order valence-electron chi connectivity index (χ2n) is 0.676. The van der Waals surface area contributed by atoms with E-state index in [1.54, 1.807) is 6.92 Å². The van der Waals surface area contributed by atoms with Crippen molar-refractivity contribution in [2.45, 2.75) is 12.7 Å². The maximum Gasteiger partial charge on any atom is 0.0649 e. The largest absolute Gasteiger partial charge is 0.398 e. The van der Waals surface area contributed by atoms with Crippen LogP contribution in [0.2, 0.25) is 0 Å². The Labute approximate surface area is 29.1 Å². The summed E-state index contributed by atoms with van der Waals surface area (Å²) in [5, 5.41) is 7.97. The predicted molar refractivity (Wildman–Crippen MR) is 17.4 cm³/mol. The molecule has 1 nitrogen and oxygen atoms in total. The summed E-state index contributed by atoms with van der Waals surface area (Å²) < 4.78 is 0. The lowest BCUT2D eigenvalue weighted by Gasteiger charge is -1.79. The lowest BCUT2D eigenvalue weighted by atomic mass is 10.9. The highest BCUT2D eigenvalue weighted by Gasteiger charge is 1.70. The Balaban J connectivity index is 2.32. The molecule has 0 fully saturated rings. The van der Waals surface area contributed by atoms with Crippen molar-refractivity contribution in [1.29, 1.82) is 0 Å². The Morgan fingerprint density at radius 1 is 2.00 bits per heavy atom. The Kier molecular flexibility index (Phi) is 1.56. The van der Waals surface area contributed by atoms with Crippen LogP contribution in [0.25, 0.3) is 0 Å². The molecule has 1 unspecified atom stereocenters. The van der Waals surface area contributed by atoms with Crippen molar-refractivity contribution in [2.75, 3.05) is 0 Å². The summed E-state index contributed by atoms with van der Waals surface area (Å²) in [5.74, 6) is 0. The molecule has 0 aliphatic carbocycles. The van der Waals surface area contributed by atoms with Gasteiger partial charge in [0, 0.05) is 5.73 Å². The van der Waals surface area contributed by atoms with Gasteiger partial charge in [0.1, 0.15) is 0 Å². The lowest BCUT2D eigenvalue weighted by molar-refractivity contribution is 0.276. The van der Waals surface area contributed by atoms with E-state index in [0.29, 0.717) is 0 Å². The molecule has 0 aromatic heterocycles. The molecular weight excluding hydrogens is 68.1 g/mol. The Bertz CT molecular complexity index is 10.8. The molecule has 3 radical (unpaired) electrons. The minimum absolute atomic E-state index is 0.361. The summed E-state index contributed by atoms with van der Waals surface area (Å²) in [5.41, 5.74) is -0.361. The molecule has 0 aromatic carbocycles. The molecule has 4 heavy (non-hydrogen) atoms. The van der Waals surface area contributed by atoms with E-state index >= 15 is 0 Å². The minimum atomic E-state index is -0.361. The van der Waals surface area contributed by atoms with Gasteiger partial charge in [0.05, 0.1) is 10.2 Å². The van der Waals surface area contributed by atoms with E-state index < -0.39 is 0 Å². The first-order valence-corrected chi connectivity index (χ1v) is 1.70. The van der Waals surface area contributed by atoms with Crippen LogP contribution in [-0.4, -0.2) is 21.1 Å². The second kappa shape index (κ2) is 1.49. The van der Waals surface area contributed by atoms with Crippen molar-refractivity contribution in [3.8, 4) is 0 Å². The van der Waals surface area contributed by atoms with E-state index in [2.05, 4.69) is 10.2 Å². The van der Waals surface area contributed by atoms with E-state index in [1.165, 1.54) is 0 Å². The Hall–Kier alpha value is 0.177. The maximum atomic E-state index is 7.97. The summed E-state index contributed by atoms with van der Waals surface area (Å²) in [6.45, 7) is 1.64. The number of rotatable bonds is 0. The van der Waals surface area contributed by atoms with Crippen LogP contribution in [-0.2, 0) is 0 Å². The molecule has 0 heterocycles. The van der Waals surface area contributed by atoms with Gasteiger partial charge in [-0.1, -0.05) is 0 Å². The maximum absolute atomic E-state index is 7.97. The predicted octanol–water partition coefficient (Wildman–Crippen LogP) is -0.507. The fourth-order valence-corrected chi connectivity index (χ4v) is 0. The highest BCUT2D eigenvalue weighted by atomic mass is 28.1. The average Bonchev–Trinajstić information content (AvgIpc) is 0.811. The van der Waals surface area contributed by atoms with Gasteiger partial charge >= 0.3 is 0 Å². The fourth-order valence-electron chi connectivity index (χ4n) is 0. The zero-order valence-electron chi connectivity index (χ0n) is 2.52. The third kappa shape index (κ3) is 96.4. The Morgan fingerprint density at radius 3 is 2.00 bits per heavy atom. The van der Waals surface area contributed by atoms with Crippen LogP contribution in [0.5, 0.6) is 0 Å². The fraction of sp³-hybridized carbons (Fsp3) is 1.00. The van der Waals surface area contributed by atoms with Crippen molar-refractivity contribution < 1.29 is 5.11 Å². The van der Waals surface area contributed by atoms with Crippen LogP contribution < -0.4 is 0 Å². The molecule has 0 bridgehead atoms. The summed E-state index contributed by atoms with van der Waals surface area (Å²) >= 11 is 0. The van der Waals surface area contributed by atoms with Crippen LogP contribution in [0.3, 0.4) is 0 Å². The van der Waals surface area contributed by atoms with Crippen molar-refractivity contribution >= 4 is 10.2 Å². The van der Waals surface area contributed by atoms with Gasteiger partial charge in [0.2, 0.25) is 0 Å². The third-order valence-corrected chi connectivity index (χ3v) is 0. The van der Waals surface area contributed by atoms with Gasteiger partial charge in [0.25, 0.3) is 0 Å². The quantitative estimate of drug-likeness (QED) is 0.383. The van der Waals surface area contributed by atoms with Crippen LogP contribution >= 0.6 is 0 Å². The SMILES string of the molecule is CC(O)[Si]. The number of hydrogen-bond donors (Lipinski definition) is 1. The van der Waals surface area contributed by atoms with Crippen molar-refractivity contribution in [1.82, 2.24) is 0 Å². The average molecular weight is 73.1 g/mol. The van der Waals surface area contributed by atoms with Gasteiger partial charge in [-0.15, -0.1) is 0 Å². The van der Waals surface area contributed by atoms with Gasteiger partial charge < -0.3 is 5.11 Å². The van der Waals surface area contributed by atoms with E-state index in [0.717, 1.165) is 0 Å². The molecule has 0 saturated carbocycles. The van der Waals surface area contributed by atoms with E-state index in [1.807, 2.05) is 0 Å². The number of aliphatic hydroxyl groups is 1. The molecule has 0 saturated heterocycles. The minimum Gasteiger partial charge on any atom is -0.398 e. The standard InChI is InChI=1S/C2H5OSi/c1-2(3)4/h2-3H,1H3. The van der Waals surface area contributed by atoms with Gasteiger partial charge in [-0.25, -0.2) is 0 Å². The van der Waals surface area contributed by atoms with Crippen molar-refractivity contribution in [2.24, 2.45) is 0 Å². The molecule has 23 valence electrons. The summed E-state index contributed by atoms with van der Waals surface area (Å²) in [7, 11) is 2.87. The summed E-state index contributed by atoms with van der Waals surface area (Å²) in [4.78, 5) is 0. The van der Waals surface area contributed by atoms with Crippen LogP contribution in [0.1, 0.15) is 6.92 Å². The van der Waals surface area contributed by atoms with E-state index in [-0.39, 0.29) is 5.73 Å². The highest BCUT2D eigenvalue weighted by Crippen LogP contribution is 1.56. The zero-order valence-corrected chi connectivity index (χ0v) is 3.52. The summed E-state index contributed by atoms with van der Waals surface area (Å²) in [6.07, 6.45) is 0. The molecule has 0 aromatic rings. The summed E-state index contributed by atoms with van der Waals surface area (Å²) in [6, 6.07) is 0. The first-order valence-electron chi connectivity index (χ1n) is 1.12. The topological polar surface area (TPSA) is 20.2 Å². The molecule has 0 aliphatic heterocycles. The molecule has 0 rings (SSSR count). The molecule has 2 heteroatoms. The lowest BCUT2D eigenvalue weighted by Crippen LogP contribution is -1.94. The molecule has 0 spiro atoms. The molecule has 0 aliphatic rings. The zero-order chi connectivity index (χ0) is 3.58. The van der Waals surface area contributed by atoms with Crippen molar-refractivity contribution in [3.63, 3.8) is 0 Å². The van der Waals surface area contributed by atoms with E-state index in [4.69, 9.17) is 5.11 Å². The normalized spacial score (nSPS) is 15.8. The van der Waals surface area contributed by atoms with Gasteiger partial charge in [-0.3, -0.25) is 0 Å². The molecule has 0 amide bonds. The first kappa shape index (κ1) is 4.18. The van der Waals surface area contributed by atoms with Gasteiger partial charge in [-0.05, 0) is 6.92 Å². The van der Waals surface area contributed by atoms with Gasteiger partial charge in [0.15, 0.2) is 0 Å². The number of aliphatic hydroxyl groups excluding tert-OH is 1. The smallest absolute Gasteiger partial charge is 0.0649 e. The molecule has 1 N–H and O–H groups in total. The van der Waals surface area contributed by atoms with Crippen LogP contribution in [0.15, 0.2) is 0 Å². The van der Waals surface area contributed by atoms with Crippen LogP contribution in [0.4, 0.5) is 0 Å². The second-order valence-corrected chi connectivity index (χ2v) is 1.51. The van der Waals surface area contributed by atoms with Crippen molar-refractivity contribution in [3.05, 3.63) is 0 Å². The first-order chi connectivity index (χ1) is 1.73. The third-order valence-electron chi connectivity index (χ3n) is 0. The number of hydrogen-bond acceptors (Lipinski definition) is 1. The van der Waals surface area contributed by atoms with Gasteiger partial charge in [-0.2, -0.15) is 0 Å². The molecule has 1 atom stereocenters. The highest BCUT2D eigenvalue weighted by molar-refractivity contribution is 6.10. The monoisotopic (exact) mass is 73.0 g/mol.